The summed E-state index contributed by atoms with van der Waals surface area (Å²) in [5.41, 5.74) is 3.16. The number of piperazine rings is 1. The fourth-order valence-electron chi connectivity index (χ4n) is 2.72. The van der Waals surface area contributed by atoms with E-state index in [1.807, 2.05) is 25.1 Å². The number of likely N-dealkylation sites (N-methyl/N-ethyl adjacent to an activating group) is 1. The molecule has 1 aromatic rings. The van der Waals surface area contributed by atoms with E-state index in [0.29, 0.717) is 0 Å². The average molecular weight is 303 g/mol. The first-order valence-electron chi connectivity index (χ1n) is 8.32. The third kappa shape index (κ3) is 5.11. The van der Waals surface area contributed by atoms with E-state index in [2.05, 4.69) is 29.1 Å². The molecule has 2 rings (SSSR count). The SMILES string of the molecule is Cc1ccc(C(=O)NCCCCN2CCN(C)CC2)cc1C. The predicted molar refractivity (Wildman–Crippen MR) is 91.4 cm³/mol. The number of nitrogens with zero attached hydrogens (tertiary/aromatic N) is 2. The molecule has 4 nitrogen and oxygen atoms in total. The molecule has 1 amide bonds. The summed E-state index contributed by atoms with van der Waals surface area (Å²) in [5, 5.41) is 3.02. The molecule has 1 aliphatic heterocycles. The van der Waals surface area contributed by atoms with Crippen LogP contribution >= 0.6 is 0 Å². The van der Waals surface area contributed by atoms with Gasteiger partial charge in [0.15, 0.2) is 0 Å². The zero-order valence-corrected chi connectivity index (χ0v) is 14.2. The number of nitrogens with one attached hydrogen (secondary N) is 1. The maximum Gasteiger partial charge on any atom is 0.251 e. The van der Waals surface area contributed by atoms with Crippen molar-refractivity contribution in [1.29, 1.82) is 0 Å². The smallest absolute Gasteiger partial charge is 0.251 e. The van der Waals surface area contributed by atoms with Gasteiger partial charge in [-0.2, -0.15) is 0 Å². The first-order chi connectivity index (χ1) is 10.6. The lowest BCUT2D eigenvalue weighted by atomic mass is 10.1. The summed E-state index contributed by atoms with van der Waals surface area (Å²) in [6, 6.07) is 5.88. The molecule has 1 saturated heterocycles. The van der Waals surface area contributed by atoms with E-state index in [-0.39, 0.29) is 5.91 Å². The van der Waals surface area contributed by atoms with E-state index in [0.717, 1.165) is 31.5 Å². The van der Waals surface area contributed by atoms with Crippen LogP contribution in [0.5, 0.6) is 0 Å². The van der Waals surface area contributed by atoms with Crippen LogP contribution < -0.4 is 5.32 Å². The Hall–Kier alpha value is -1.39. The highest BCUT2D eigenvalue weighted by Gasteiger charge is 2.12. The summed E-state index contributed by atoms with van der Waals surface area (Å²) in [6.07, 6.45) is 2.19. The van der Waals surface area contributed by atoms with Crippen molar-refractivity contribution in [2.24, 2.45) is 0 Å². The topological polar surface area (TPSA) is 35.6 Å². The lowest BCUT2D eigenvalue weighted by molar-refractivity contribution is 0.0952. The van der Waals surface area contributed by atoms with E-state index in [9.17, 15) is 4.79 Å². The van der Waals surface area contributed by atoms with Crippen LogP contribution in [0.4, 0.5) is 0 Å². The van der Waals surface area contributed by atoms with Crippen molar-refractivity contribution in [1.82, 2.24) is 15.1 Å². The molecule has 0 radical (unpaired) electrons. The molecule has 0 bridgehead atoms. The molecule has 0 spiro atoms. The molecule has 0 unspecified atom stereocenters. The number of benzene rings is 1. The Morgan fingerprint density at radius 1 is 1.09 bits per heavy atom. The molecule has 1 N–H and O–H groups in total. The normalized spacial score (nSPS) is 16.7. The Bertz CT molecular complexity index is 493. The molecule has 4 heteroatoms. The first kappa shape index (κ1) is 17.0. The van der Waals surface area contributed by atoms with Gasteiger partial charge in [0, 0.05) is 38.3 Å². The second kappa shape index (κ2) is 8.30. The minimum atomic E-state index is 0.0442. The van der Waals surface area contributed by atoms with Gasteiger partial charge < -0.3 is 15.1 Å². The van der Waals surface area contributed by atoms with Crippen LogP contribution in [-0.4, -0.2) is 62.0 Å². The predicted octanol–water partition coefficient (Wildman–Crippen LogP) is 2.06. The zero-order valence-electron chi connectivity index (χ0n) is 14.2. The number of rotatable bonds is 6. The van der Waals surface area contributed by atoms with Crippen LogP contribution in [0, 0.1) is 13.8 Å². The lowest BCUT2D eigenvalue weighted by Crippen LogP contribution is -2.44. The van der Waals surface area contributed by atoms with Crippen molar-refractivity contribution >= 4 is 5.91 Å². The van der Waals surface area contributed by atoms with Crippen LogP contribution in [0.15, 0.2) is 18.2 Å². The summed E-state index contributed by atoms with van der Waals surface area (Å²) in [7, 11) is 2.18. The molecular formula is C18H29N3O. The highest BCUT2D eigenvalue weighted by atomic mass is 16.1. The average Bonchev–Trinajstić information content (AvgIpc) is 2.51. The van der Waals surface area contributed by atoms with E-state index < -0.39 is 0 Å². The first-order valence-corrected chi connectivity index (χ1v) is 8.32. The molecule has 1 aliphatic rings. The molecule has 1 heterocycles. The third-order valence-electron chi connectivity index (χ3n) is 4.55. The molecule has 1 aromatic carbocycles. The Balaban J connectivity index is 1.62. The Labute approximate surface area is 134 Å². The Kier molecular flexibility index (Phi) is 6.40. The van der Waals surface area contributed by atoms with Gasteiger partial charge in [-0.05, 0) is 63.5 Å². The summed E-state index contributed by atoms with van der Waals surface area (Å²) in [5.74, 6) is 0.0442. The van der Waals surface area contributed by atoms with Gasteiger partial charge in [-0.1, -0.05) is 6.07 Å². The van der Waals surface area contributed by atoms with Crippen molar-refractivity contribution < 1.29 is 4.79 Å². The van der Waals surface area contributed by atoms with Crippen LogP contribution in [0.3, 0.4) is 0 Å². The van der Waals surface area contributed by atoms with Gasteiger partial charge in [0.25, 0.3) is 5.91 Å². The van der Waals surface area contributed by atoms with Crippen LogP contribution in [0.1, 0.15) is 34.3 Å². The summed E-state index contributed by atoms with van der Waals surface area (Å²) >= 11 is 0. The van der Waals surface area contributed by atoms with Crippen molar-refractivity contribution in [3.05, 3.63) is 34.9 Å². The quantitative estimate of drug-likeness (QED) is 0.817. The van der Waals surface area contributed by atoms with Gasteiger partial charge in [0.05, 0.1) is 0 Å². The largest absolute Gasteiger partial charge is 0.352 e. The zero-order chi connectivity index (χ0) is 15.9. The van der Waals surface area contributed by atoms with E-state index in [1.54, 1.807) is 0 Å². The molecule has 0 aliphatic carbocycles. The second-order valence-electron chi connectivity index (χ2n) is 6.41. The lowest BCUT2D eigenvalue weighted by Gasteiger charge is -2.32. The van der Waals surface area contributed by atoms with Gasteiger partial charge >= 0.3 is 0 Å². The summed E-state index contributed by atoms with van der Waals surface area (Å²) < 4.78 is 0. The van der Waals surface area contributed by atoms with Gasteiger partial charge in [-0.3, -0.25) is 4.79 Å². The highest BCUT2D eigenvalue weighted by Crippen LogP contribution is 2.09. The molecule has 122 valence electrons. The van der Waals surface area contributed by atoms with Gasteiger partial charge in [0.1, 0.15) is 0 Å². The van der Waals surface area contributed by atoms with Crippen molar-refractivity contribution in [3.8, 4) is 0 Å². The molecule has 0 atom stereocenters. The standard InChI is InChI=1S/C18H29N3O/c1-15-6-7-17(14-16(15)2)18(22)19-8-4-5-9-21-12-10-20(3)11-13-21/h6-7,14H,4-5,8-13H2,1-3H3,(H,19,22). The van der Waals surface area contributed by atoms with Crippen LogP contribution in [-0.2, 0) is 0 Å². The van der Waals surface area contributed by atoms with Gasteiger partial charge in [0.2, 0.25) is 0 Å². The van der Waals surface area contributed by atoms with Crippen molar-refractivity contribution in [2.45, 2.75) is 26.7 Å². The third-order valence-corrected chi connectivity index (χ3v) is 4.55. The highest BCUT2D eigenvalue weighted by molar-refractivity contribution is 5.94. The van der Waals surface area contributed by atoms with E-state index in [1.165, 1.54) is 37.3 Å². The Morgan fingerprint density at radius 3 is 2.50 bits per heavy atom. The number of unbranched alkanes of at least 4 members (excludes halogenated alkanes) is 1. The molecule has 22 heavy (non-hydrogen) atoms. The van der Waals surface area contributed by atoms with Crippen LogP contribution in [0.2, 0.25) is 0 Å². The minimum Gasteiger partial charge on any atom is -0.352 e. The number of carbonyl (C=O) groups is 1. The number of hydrogen-bond donors (Lipinski definition) is 1. The maximum absolute atomic E-state index is 12.1. The number of carbonyl (C=O) groups excluding carboxylic acids is 1. The number of amides is 1. The fourth-order valence-corrected chi connectivity index (χ4v) is 2.72. The van der Waals surface area contributed by atoms with Crippen molar-refractivity contribution in [3.63, 3.8) is 0 Å². The van der Waals surface area contributed by atoms with Gasteiger partial charge in [-0.25, -0.2) is 0 Å². The number of hydrogen-bond acceptors (Lipinski definition) is 3. The molecular weight excluding hydrogens is 274 g/mol. The van der Waals surface area contributed by atoms with E-state index >= 15 is 0 Å². The fraction of sp³-hybridized carbons (Fsp3) is 0.611. The molecule has 1 fully saturated rings. The second-order valence-corrected chi connectivity index (χ2v) is 6.41. The van der Waals surface area contributed by atoms with E-state index in [4.69, 9.17) is 0 Å². The summed E-state index contributed by atoms with van der Waals surface area (Å²) in [6.45, 7) is 10.7. The molecule has 0 aromatic heterocycles. The molecule has 0 saturated carbocycles. The van der Waals surface area contributed by atoms with Crippen molar-refractivity contribution in [2.75, 3.05) is 46.3 Å². The summed E-state index contributed by atoms with van der Waals surface area (Å²) in [4.78, 5) is 17.0. The monoisotopic (exact) mass is 303 g/mol. The Morgan fingerprint density at radius 2 is 1.82 bits per heavy atom. The van der Waals surface area contributed by atoms with Gasteiger partial charge in [-0.15, -0.1) is 0 Å². The minimum absolute atomic E-state index is 0.0442. The number of aryl methyl sites for hydroxylation is 2. The van der Waals surface area contributed by atoms with Crippen LogP contribution in [0.25, 0.3) is 0 Å². The maximum atomic E-state index is 12.1.